The first-order valence-electron chi connectivity index (χ1n) is 8.71. The second kappa shape index (κ2) is 8.04. The summed E-state index contributed by atoms with van der Waals surface area (Å²) in [5.74, 6) is -1.61. The summed E-state index contributed by atoms with van der Waals surface area (Å²) in [6, 6.07) is 0. The van der Waals surface area contributed by atoms with Crippen molar-refractivity contribution in [3.8, 4) is 0 Å². The van der Waals surface area contributed by atoms with Crippen LogP contribution in [0.4, 0.5) is 22.0 Å². The van der Waals surface area contributed by atoms with E-state index in [1.165, 1.54) is 6.92 Å². The maximum Gasteiger partial charge on any atom is 0.432 e. The van der Waals surface area contributed by atoms with Gasteiger partial charge in [0, 0.05) is 0 Å². The summed E-state index contributed by atoms with van der Waals surface area (Å²) in [6.07, 6.45) is -9.40. The van der Waals surface area contributed by atoms with E-state index < -0.39 is 49.9 Å². The molecule has 0 aliphatic carbocycles. The van der Waals surface area contributed by atoms with Crippen LogP contribution in [0.5, 0.6) is 0 Å². The maximum absolute atomic E-state index is 13.8. The third kappa shape index (κ3) is 5.55. The first-order valence-corrected chi connectivity index (χ1v) is 10.2. The molecule has 0 bridgehead atoms. The number of halogens is 5. The Morgan fingerprint density at radius 1 is 0.964 bits per heavy atom. The number of carbonyl (C=O) groups is 1. The lowest BCUT2D eigenvalue weighted by Crippen LogP contribution is -2.55. The molecule has 0 spiro atoms. The highest BCUT2D eigenvalue weighted by molar-refractivity contribution is 7.86. The van der Waals surface area contributed by atoms with E-state index in [1.54, 1.807) is 41.5 Å². The minimum atomic E-state index is -6.49. The van der Waals surface area contributed by atoms with Gasteiger partial charge in [0.2, 0.25) is 0 Å². The number of carbonyl (C=O) groups excluding carboxylic acids is 1. The largest absolute Gasteiger partial charge is 0.444 e. The molecule has 1 N–H and O–H groups in total. The summed E-state index contributed by atoms with van der Waals surface area (Å²) >= 11 is 0. The Bertz CT molecular complexity index is 670. The molecule has 0 aromatic rings. The molecule has 0 rings (SSSR count). The summed E-state index contributed by atoms with van der Waals surface area (Å²) in [4.78, 5) is 12.8. The van der Waals surface area contributed by atoms with E-state index in [9.17, 15) is 35.2 Å². The lowest BCUT2D eigenvalue weighted by molar-refractivity contribution is -0.265. The van der Waals surface area contributed by atoms with Crippen LogP contribution in [0.1, 0.15) is 67.7 Å². The number of rotatable bonds is 9. The van der Waals surface area contributed by atoms with Gasteiger partial charge in [0.15, 0.2) is 0 Å². The smallest absolute Gasteiger partial charge is 0.432 e. The molecular weight excluding hydrogens is 411 g/mol. The Hall–Kier alpha value is -0.970. The summed E-state index contributed by atoms with van der Waals surface area (Å²) < 4.78 is 101. The summed E-state index contributed by atoms with van der Waals surface area (Å²) in [5, 5.41) is -5.75. The number of alkyl halides is 5. The van der Waals surface area contributed by atoms with Gasteiger partial charge in [-0.3, -0.25) is 9.35 Å². The molecule has 11 heteroatoms. The van der Waals surface area contributed by atoms with E-state index in [-0.39, 0.29) is 6.42 Å². The number of hydrogen-bond donors (Lipinski definition) is 1. The van der Waals surface area contributed by atoms with Gasteiger partial charge < -0.3 is 4.74 Å². The Morgan fingerprint density at radius 3 is 1.68 bits per heavy atom. The average Bonchev–Trinajstić information content (AvgIpc) is 2.49. The van der Waals surface area contributed by atoms with Gasteiger partial charge in [-0.25, -0.2) is 0 Å². The van der Waals surface area contributed by atoms with Crippen LogP contribution in [0.2, 0.25) is 0 Å². The zero-order chi connectivity index (χ0) is 23.0. The van der Waals surface area contributed by atoms with Crippen molar-refractivity contribution in [3.63, 3.8) is 0 Å². The Morgan fingerprint density at radius 2 is 1.39 bits per heavy atom. The van der Waals surface area contributed by atoms with Crippen molar-refractivity contribution in [3.05, 3.63) is 0 Å². The molecular formula is C17H29F5O5S. The van der Waals surface area contributed by atoms with Crippen molar-refractivity contribution in [1.82, 2.24) is 0 Å². The fourth-order valence-electron chi connectivity index (χ4n) is 2.76. The van der Waals surface area contributed by atoms with Gasteiger partial charge in [-0.15, -0.1) is 0 Å². The first kappa shape index (κ1) is 27.0. The van der Waals surface area contributed by atoms with Crippen molar-refractivity contribution in [1.29, 1.82) is 0 Å². The highest BCUT2D eigenvalue weighted by Gasteiger charge is 2.67. The highest BCUT2D eigenvalue weighted by Crippen LogP contribution is 2.51. The molecule has 0 aliphatic heterocycles. The molecule has 28 heavy (non-hydrogen) atoms. The topological polar surface area (TPSA) is 80.7 Å². The second-order valence-electron chi connectivity index (χ2n) is 8.63. The van der Waals surface area contributed by atoms with E-state index in [2.05, 4.69) is 4.74 Å². The fourth-order valence-corrected chi connectivity index (χ4v) is 3.21. The Labute approximate surface area is 162 Å². The summed E-state index contributed by atoms with van der Waals surface area (Å²) in [6.45, 7) is 11.5. The average molecular weight is 440 g/mol. The monoisotopic (exact) mass is 440 g/mol. The van der Waals surface area contributed by atoms with Gasteiger partial charge in [0.25, 0.3) is 6.10 Å². The third-order valence-corrected chi connectivity index (χ3v) is 6.69. The van der Waals surface area contributed by atoms with Crippen molar-refractivity contribution >= 4 is 16.1 Å². The molecule has 0 saturated heterocycles. The normalized spacial score (nSPS) is 17.8. The predicted molar refractivity (Wildman–Crippen MR) is 93.3 cm³/mol. The van der Waals surface area contributed by atoms with Crippen LogP contribution in [0.25, 0.3) is 0 Å². The SMILES string of the molecule is CCC(C)(C)CC(C)(C(=O)OC(C(F)(F)F)C(F)(F)S(=O)(=O)O)C(C)(C)CC. The quantitative estimate of drug-likeness (QED) is 0.302. The standard InChI is InChI=1S/C17H29F5O5S/c1-8-13(3,4)10-15(7,14(5,6)9-2)12(23)27-11(16(18,19)20)17(21,22)28(24,25)26/h11H,8-10H2,1-7H3,(H,24,25,26). The van der Waals surface area contributed by atoms with Gasteiger partial charge in [0.1, 0.15) is 0 Å². The second-order valence-corrected chi connectivity index (χ2v) is 10.1. The Balaban J connectivity index is 6.33. The van der Waals surface area contributed by atoms with Gasteiger partial charge in [0.05, 0.1) is 5.41 Å². The van der Waals surface area contributed by atoms with Gasteiger partial charge >= 0.3 is 27.5 Å². The maximum atomic E-state index is 13.8. The van der Waals surface area contributed by atoms with Crippen LogP contribution in [-0.2, 0) is 19.6 Å². The van der Waals surface area contributed by atoms with Crippen LogP contribution in [0, 0.1) is 16.2 Å². The van der Waals surface area contributed by atoms with E-state index >= 15 is 0 Å². The van der Waals surface area contributed by atoms with E-state index in [4.69, 9.17) is 4.55 Å². The zero-order valence-electron chi connectivity index (χ0n) is 17.1. The predicted octanol–water partition coefficient (Wildman–Crippen LogP) is 5.21. The zero-order valence-corrected chi connectivity index (χ0v) is 17.9. The molecule has 0 aromatic carbocycles. The van der Waals surface area contributed by atoms with Gasteiger partial charge in [-0.05, 0) is 30.6 Å². The van der Waals surface area contributed by atoms with Crippen LogP contribution >= 0.6 is 0 Å². The number of hydrogen-bond acceptors (Lipinski definition) is 4. The Kier molecular flexibility index (Phi) is 7.76. The van der Waals surface area contributed by atoms with E-state index in [0.29, 0.717) is 12.8 Å². The van der Waals surface area contributed by atoms with Crippen LogP contribution in [0.3, 0.4) is 0 Å². The van der Waals surface area contributed by atoms with Gasteiger partial charge in [-0.1, -0.05) is 48.0 Å². The third-order valence-electron chi connectivity index (χ3n) is 5.79. The van der Waals surface area contributed by atoms with Crippen LogP contribution in [0.15, 0.2) is 0 Å². The summed E-state index contributed by atoms with van der Waals surface area (Å²) in [5.41, 5.74) is -3.14. The van der Waals surface area contributed by atoms with Crippen molar-refractivity contribution < 1.29 is 44.5 Å². The molecule has 168 valence electrons. The van der Waals surface area contributed by atoms with Crippen LogP contribution in [-0.4, -0.2) is 36.5 Å². The lowest BCUT2D eigenvalue weighted by Gasteiger charge is -2.46. The van der Waals surface area contributed by atoms with Crippen LogP contribution < -0.4 is 0 Å². The molecule has 0 fully saturated rings. The molecule has 2 atom stereocenters. The van der Waals surface area contributed by atoms with Crippen molar-refractivity contribution in [2.45, 2.75) is 85.3 Å². The van der Waals surface area contributed by atoms with Gasteiger partial charge in [-0.2, -0.15) is 30.4 Å². The molecule has 5 nitrogen and oxygen atoms in total. The fraction of sp³-hybridized carbons (Fsp3) is 0.941. The lowest BCUT2D eigenvalue weighted by atomic mass is 9.58. The van der Waals surface area contributed by atoms with E-state index in [0.717, 1.165) is 0 Å². The van der Waals surface area contributed by atoms with E-state index in [1.807, 2.05) is 0 Å². The molecule has 0 aromatic heterocycles. The molecule has 0 heterocycles. The molecule has 0 amide bonds. The molecule has 2 unspecified atom stereocenters. The highest BCUT2D eigenvalue weighted by atomic mass is 32.2. The van der Waals surface area contributed by atoms with Crippen molar-refractivity contribution in [2.24, 2.45) is 16.2 Å². The first-order chi connectivity index (χ1) is 12.1. The molecule has 0 saturated carbocycles. The minimum Gasteiger partial charge on any atom is -0.444 e. The molecule has 0 radical (unpaired) electrons. The molecule has 0 aliphatic rings. The minimum absolute atomic E-state index is 0.0121. The number of ether oxygens (including phenoxy) is 1. The summed E-state index contributed by atoms with van der Waals surface area (Å²) in [7, 11) is -6.49. The number of esters is 1. The van der Waals surface area contributed by atoms with Crippen molar-refractivity contribution in [2.75, 3.05) is 0 Å².